The molecule has 1 aromatic heterocycles. The van der Waals surface area contributed by atoms with E-state index in [1.54, 1.807) is 25.2 Å². The Morgan fingerprint density at radius 3 is 2.39 bits per heavy atom. The molecule has 9 heteroatoms. The number of aryl methyl sites for hydroxylation is 1. The fourth-order valence-electron chi connectivity index (χ4n) is 2.64. The van der Waals surface area contributed by atoms with Crippen molar-refractivity contribution >= 4 is 33.2 Å². The van der Waals surface area contributed by atoms with Gasteiger partial charge in [-0.3, -0.25) is 9.52 Å². The molecule has 0 fully saturated rings. The number of amides is 1. The first kappa shape index (κ1) is 19.9. The average Bonchev–Trinajstić information content (AvgIpc) is 3.02. The molecule has 3 aromatic rings. The Balaban J connectivity index is 1.85. The topological polar surface area (TPSA) is 93.1 Å². The van der Waals surface area contributed by atoms with Crippen molar-refractivity contribution in [2.24, 2.45) is 7.05 Å². The van der Waals surface area contributed by atoms with Gasteiger partial charge in [0, 0.05) is 7.05 Å². The highest BCUT2D eigenvalue weighted by atomic mass is 35.5. The standard InChI is InChI=1S/C19H19ClN4O3S/c1-13(14-8-4-3-5-9-14)22-18(25)15-10-6-7-11-16(15)23-28(26,27)19-17(20)24(2)12-21-19/h3-13,23H,1-2H3,(H,22,25)/t13-/m1/s1. The quantitative estimate of drug-likeness (QED) is 0.641. The number of halogens is 1. The van der Waals surface area contributed by atoms with Crippen LogP contribution < -0.4 is 10.0 Å². The van der Waals surface area contributed by atoms with Crippen molar-refractivity contribution in [2.45, 2.75) is 18.0 Å². The molecular weight excluding hydrogens is 400 g/mol. The van der Waals surface area contributed by atoms with Crippen LogP contribution in [0, 0.1) is 0 Å². The lowest BCUT2D eigenvalue weighted by molar-refractivity contribution is 0.0941. The third-order valence-electron chi connectivity index (χ3n) is 4.15. The number of imidazole rings is 1. The van der Waals surface area contributed by atoms with E-state index in [2.05, 4.69) is 15.0 Å². The third-order valence-corrected chi connectivity index (χ3v) is 6.01. The molecule has 28 heavy (non-hydrogen) atoms. The molecule has 0 saturated carbocycles. The van der Waals surface area contributed by atoms with E-state index in [1.165, 1.54) is 17.0 Å². The van der Waals surface area contributed by atoms with E-state index in [-0.39, 0.29) is 27.5 Å². The van der Waals surface area contributed by atoms with Crippen LogP contribution in [0.3, 0.4) is 0 Å². The van der Waals surface area contributed by atoms with Crippen LogP contribution >= 0.6 is 11.6 Å². The average molecular weight is 419 g/mol. The second-order valence-corrected chi connectivity index (χ2v) is 8.16. The molecule has 0 spiro atoms. The fourth-order valence-corrected chi connectivity index (χ4v) is 4.15. The Bertz CT molecular complexity index is 1100. The Morgan fingerprint density at radius 2 is 1.75 bits per heavy atom. The summed E-state index contributed by atoms with van der Waals surface area (Å²) in [4.78, 5) is 16.6. The molecule has 2 N–H and O–H groups in total. The second-order valence-electron chi connectivity index (χ2n) is 6.21. The summed E-state index contributed by atoms with van der Waals surface area (Å²) in [7, 11) is -2.47. The van der Waals surface area contributed by atoms with E-state index < -0.39 is 15.9 Å². The molecule has 0 unspecified atom stereocenters. The number of nitrogens with zero attached hydrogens (tertiary/aromatic N) is 2. The van der Waals surface area contributed by atoms with Crippen LogP contribution in [0.4, 0.5) is 5.69 Å². The number of aromatic nitrogens is 2. The normalized spacial score (nSPS) is 12.4. The molecule has 0 aliphatic rings. The molecule has 0 aliphatic heterocycles. The van der Waals surface area contributed by atoms with Gasteiger partial charge in [-0.15, -0.1) is 0 Å². The molecule has 146 valence electrons. The number of hydrogen-bond donors (Lipinski definition) is 2. The zero-order chi connectivity index (χ0) is 20.3. The summed E-state index contributed by atoms with van der Waals surface area (Å²) in [6.07, 6.45) is 1.30. The van der Waals surface area contributed by atoms with Gasteiger partial charge in [-0.1, -0.05) is 54.1 Å². The monoisotopic (exact) mass is 418 g/mol. The van der Waals surface area contributed by atoms with Crippen molar-refractivity contribution in [1.82, 2.24) is 14.9 Å². The van der Waals surface area contributed by atoms with E-state index in [4.69, 9.17) is 11.6 Å². The van der Waals surface area contributed by atoms with Gasteiger partial charge in [0.25, 0.3) is 15.9 Å². The fraction of sp³-hybridized carbons (Fsp3) is 0.158. The highest BCUT2D eigenvalue weighted by Crippen LogP contribution is 2.24. The SMILES string of the molecule is C[C@@H](NC(=O)c1ccccc1NS(=O)(=O)c1ncn(C)c1Cl)c1ccccc1. The Kier molecular flexibility index (Phi) is 5.71. The van der Waals surface area contributed by atoms with E-state index in [0.717, 1.165) is 5.56 Å². The Morgan fingerprint density at radius 1 is 1.11 bits per heavy atom. The van der Waals surface area contributed by atoms with Gasteiger partial charge in [-0.05, 0) is 24.6 Å². The molecule has 0 aliphatic carbocycles. The lowest BCUT2D eigenvalue weighted by Gasteiger charge is -2.16. The van der Waals surface area contributed by atoms with Gasteiger partial charge in [-0.2, -0.15) is 8.42 Å². The Hall–Kier alpha value is -2.84. The minimum atomic E-state index is -4.05. The summed E-state index contributed by atoms with van der Waals surface area (Å²) in [5.41, 5.74) is 1.28. The maximum absolute atomic E-state index is 12.8. The summed E-state index contributed by atoms with van der Waals surface area (Å²) < 4.78 is 29.1. The minimum absolute atomic E-state index is 0.0212. The molecule has 0 bridgehead atoms. The molecule has 2 aromatic carbocycles. The molecule has 1 atom stereocenters. The van der Waals surface area contributed by atoms with Crippen molar-refractivity contribution < 1.29 is 13.2 Å². The van der Waals surface area contributed by atoms with Crippen molar-refractivity contribution in [3.63, 3.8) is 0 Å². The van der Waals surface area contributed by atoms with E-state index in [9.17, 15) is 13.2 Å². The summed E-state index contributed by atoms with van der Waals surface area (Å²) in [5, 5.41) is 2.55. The largest absolute Gasteiger partial charge is 0.345 e. The second kappa shape index (κ2) is 8.04. The van der Waals surface area contributed by atoms with Crippen LogP contribution in [0.25, 0.3) is 0 Å². The molecule has 0 radical (unpaired) electrons. The summed E-state index contributed by atoms with van der Waals surface area (Å²) in [5.74, 6) is -0.401. The minimum Gasteiger partial charge on any atom is -0.345 e. The van der Waals surface area contributed by atoms with E-state index in [0.29, 0.717) is 0 Å². The number of rotatable bonds is 6. The molecule has 0 saturated heterocycles. The number of para-hydroxylation sites is 1. The lowest BCUT2D eigenvalue weighted by atomic mass is 10.1. The van der Waals surface area contributed by atoms with Gasteiger partial charge in [0.05, 0.1) is 23.6 Å². The molecular formula is C19H19ClN4O3S. The van der Waals surface area contributed by atoms with Crippen molar-refractivity contribution in [3.05, 3.63) is 77.2 Å². The van der Waals surface area contributed by atoms with Gasteiger partial charge in [-0.25, -0.2) is 4.98 Å². The number of hydrogen-bond acceptors (Lipinski definition) is 4. The predicted molar refractivity (Wildman–Crippen MR) is 108 cm³/mol. The summed E-state index contributed by atoms with van der Waals surface area (Å²) >= 11 is 6.00. The van der Waals surface area contributed by atoms with Gasteiger partial charge < -0.3 is 9.88 Å². The number of benzene rings is 2. The van der Waals surface area contributed by atoms with Gasteiger partial charge in [0.2, 0.25) is 5.03 Å². The summed E-state index contributed by atoms with van der Waals surface area (Å²) in [6, 6.07) is 15.6. The highest BCUT2D eigenvalue weighted by molar-refractivity contribution is 7.92. The van der Waals surface area contributed by atoms with Crippen LogP contribution in [0.2, 0.25) is 5.15 Å². The third kappa shape index (κ3) is 4.18. The lowest BCUT2D eigenvalue weighted by Crippen LogP contribution is -2.28. The Labute approximate surface area is 168 Å². The highest BCUT2D eigenvalue weighted by Gasteiger charge is 2.24. The number of sulfonamides is 1. The van der Waals surface area contributed by atoms with Crippen molar-refractivity contribution in [3.8, 4) is 0 Å². The molecule has 3 rings (SSSR count). The van der Waals surface area contributed by atoms with Crippen LogP contribution in [0.5, 0.6) is 0 Å². The smallest absolute Gasteiger partial charge is 0.282 e. The maximum atomic E-state index is 12.8. The van der Waals surface area contributed by atoms with Gasteiger partial charge in [0.1, 0.15) is 5.15 Å². The zero-order valence-electron chi connectivity index (χ0n) is 15.3. The molecule has 7 nitrogen and oxygen atoms in total. The molecule has 1 heterocycles. The number of carbonyl (C=O) groups is 1. The van der Waals surface area contributed by atoms with Crippen LogP contribution in [-0.4, -0.2) is 23.9 Å². The van der Waals surface area contributed by atoms with E-state index in [1.807, 2.05) is 37.3 Å². The number of nitrogens with one attached hydrogen (secondary N) is 2. The van der Waals surface area contributed by atoms with Crippen molar-refractivity contribution in [1.29, 1.82) is 0 Å². The van der Waals surface area contributed by atoms with Gasteiger partial charge in [0.15, 0.2) is 0 Å². The zero-order valence-corrected chi connectivity index (χ0v) is 16.8. The molecule has 1 amide bonds. The van der Waals surface area contributed by atoms with Crippen LogP contribution in [-0.2, 0) is 17.1 Å². The van der Waals surface area contributed by atoms with Crippen LogP contribution in [0.1, 0.15) is 28.9 Å². The van der Waals surface area contributed by atoms with Gasteiger partial charge >= 0.3 is 0 Å². The summed E-state index contributed by atoms with van der Waals surface area (Å²) in [6.45, 7) is 1.85. The number of anilines is 1. The van der Waals surface area contributed by atoms with E-state index >= 15 is 0 Å². The van der Waals surface area contributed by atoms with Crippen molar-refractivity contribution in [2.75, 3.05) is 4.72 Å². The first-order chi connectivity index (χ1) is 13.3. The maximum Gasteiger partial charge on any atom is 0.282 e. The number of carbonyl (C=O) groups excluding carboxylic acids is 1. The first-order valence-electron chi connectivity index (χ1n) is 8.44. The predicted octanol–water partition coefficient (Wildman–Crippen LogP) is 3.37. The van der Waals surface area contributed by atoms with Crippen LogP contribution in [0.15, 0.2) is 66.0 Å². The first-order valence-corrected chi connectivity index (χ1v) is 10.3.